The number of rotatable bonds is 10. The highest BCUT2D eigenvalue weighted by Crippen LogP contribution is 2.28. The molecule has 0 spiro atoms. The number of aliphatic imine (C=N–C) groups is 1. The van der Waals surface area contributed by atoms with Gasteiger partial charge in [-0.05, 0) is 51.4 Å². The maximum atomic E-state index is 5.66. The van der Waals surface area contributed by atoms with Gasteiger partial charge in [0.25, 0.3) is 0 Å². The molecule has 0 radical (unpaired) electrons. The van der Waals surface area contributed by atoms with E-state index in [1.165, 1.54) is 5.56 Å². The molecule has 0 amide bonds. The Bertz CT molecular complexity index is 636. The summed E-state index contributed by atoms with van der Waals surface area (Å²) in [6, 6.07) is 6.66. The van der Waals surface area contributed by atoms with Crippen LogP contribution in [-0.4, -0.2) is 88.9 Å². The summed E-state index contributed by atoms with van der Waals surface area (Å²) >= 11 is 0. The smallest absolute Gasteiger partial charge is 0.191 e. The molecule has 1 unspecified atom stereocenters. The van der Waals surface area contributed by atoms with E-state index in [-0.39, 0.29) is 24.0 Å². The molecule has 1 saturated heterocycles. The molecule has 1 aliphatic rings. The number of benzene rings is 1. The quantitative estimate of drug-likeness (QED) is 0.209. The molecule has 0 saturated carbocycles. The van der Waals surface area contributed by atoms with E-state index in [0.29, 0.717) is 12.6 Å². The molecule has 0 aliphatic carbocycles. The molecular formula is C22H40IN5O2. The number of guanidine groups is 1. The summed E-state index contributed by atoms with van der Waals surface area (Å²) in [5.74, 6) is 2.47. The third-order valence-electron chi connectivity index (χ3n) is 5.41. The van der Waals surface area contributed by atoms with Crippen LogP contribution in [-0.2, 0) is 6.42 Å². The van der Waals surface area contributed by atoms with Crippen molar-refractivity contribution in [1.29, 1.82) is 0 Å². The SMILES string of the molecule is CCOc1cc(CCCNC(=NC)NCC(C)N2CCN(C)CC2)ccc1OC.I. The first-order chi connectivity index (χ1) is 14.1. The van der Waals surface area contributed by atoms with Crippen LogP contribution in [0.5, 0.6) is 11.5 Å². The lowest BCUT2D eigenvalue weighted by molar-refractivity contribution is 0.120. The fourth-order valence-corrected chi connectivity index (χ4v) is 3.50. The third-order valence-corrected chi connectivity index (χ3v) is 5.41. The van der Waals surface area contributed by atoms with Crippen molar-refractivity contribution >= 4 is 29.9 Å². The Morgan fingerprint density at radius 2 is 1.90 bits per heavy atom. The second kappa shape index (κ2) is 14.7. The van der Waals surface area contributed by atoms with Crippen molar-refractivity contribution in [3.63, 3.8) is 0 Å². The largest absolute Gasteiger partial charge is 0.493 e. The monoisotopic (exact) mass is 533 g/mol. The fraction of sp³-hybridized carbons (Fsp3) is 0.682. The molecule has 2 N–H and O–H groups in total. The first-order valence-corrected chi connectivity index (χ1v) is 10.7. The Balaban J connectivity index is 0.00000450. The number of piperazine rings is 1. The van der Waals surface area contributed by atoms with E-state index in [2.05, 4.69) is 51.5 Å². The highest BCUT2D eigenvalue weighted by molar-refractivity contribution is 14.0. The predicted molar refractivity (Wildman–Crippen MR) is 136 cm³/mol. The van der Waals surface area contributed by atoms with Crippen LogP contribution in [0, 0.1) is 0 Å². The topological polar surface area (TPSA) is 61.4 Å². The van der Waals surface area contributed by atoms with Gasteiger partial charge in [-0.1, -0.05) is 6.07 Å². The molecule has 30 heavy (non-hydrogen) atoms. The van der Waals surface area contributed by atoms with Crippen LogP contribution >= 0.6 is 24.0 Å². The molecule has 1 aromatic carbocycles. The van der Waals surface area contributed by atoms with E-state index in [9.17, 15) is 0 Å². The zero-order chi connectivity index (χ0) is 21.1. The minimum absolute atomic E-state index is 0. The molecule has 1 aromatic rings. The van der Waals surface area contributed by atoms with Gasteiger partial charge in [-0.2, -0.15) is 0 Å². The van der Waals surface area contributed by atoms with Crippen LogP contribution in [0.1, 0.15) is 25.8 Å². The maximum Gasteiger partial charge on any atom is 0.191 e. The zero-order valence-electron chi connectivity index (χ0n) is 19.2. The van der Waals surface area contributed by atoms with Crippen molar-refractivity contribution in [3.05, 3.63) is 23.8 Å². The number of aryl methyl sites for hydroxylation is 1. The van der Waals surface area contributed by atoms with Crippen molar-refractivity contribution in [1.82, 2.24) is 20.4 Å². The van der Waals surface area contributed by atoms with E-state index in [1.807, 2.05) is 20.0 Å². The number of likely N-dealkylation sites (N-methyl/N-ethyl adjacent to an activating group) is 1. The van der Waals surface area contributed by atoms with Crippen LogP contribution in [0.2, 0.25) is 0 Å². The Kier molecular flexibility index (Phi) is 13.1. The Labute approximate surface area is 199 Å². The molecule has 2 rings (SSSR count). The average molecular weight is 533 g/mol. The number of hydrogen-bond donors (Lipinski definition) is 2. The maximum absolute atomic E-state index is 5.66. The van der Waals surface area contributed by atoms with Crippen LogP contribution < -0.4 is 20.1 Å². The molecule has 7 nitrogen and oxygen atoms in total. The summed E-state index contributed by atoms with van der Waals surface area (Å²) in [4.78, 5) is 9.28. The normalized spacial score (nSPS) is 16.5. The number of nitrogens with one attached hydrogen (secondary N) is 2. The van der Waals surface area contributed by atoms with E-state index in [1.54, 1.807) is 7.11 Å². The molecule has 1 atom stereocenters. The number of methoxy groups -OCH3 is 1. The summed E-state index contributed by atoms with van der Waals surface area (Å²) in [7, 11) is 5.69. The highest BCUT2D eigenvalue weighted by atomic mass is 127. The Hall–Kier alpha value is -1.26. The van der Waals surface area contributed by atoms with Gasteiger partial charge in [0.05, 0.1) is 13.7 Å². The van der Waals surface area contributed by atoms with Crippen molar-refractivity contribution in [2.24, 2.45) is 4.99 Å². The summed E-state index contributed by atoms with van der Waals surface area (Å²) in [5, 5.41) is 6.89. The van der Waals surface area contributed by atoms with Gasteiger partial charge in [-0.3, -0.25) is 9.89 Å². The summed E-state index contributed by atoms with van der Waals surface area (Å²) in [6.07, 6.45) is 2.00. The van der Waals surface area contributed by atoms with E-state index < -0.39 is 0 Å². The van der Waals surface area contributed by atoms with Crippen LogP contribution in [0.3, 0.4) is 0 Å². The third kappa shape index (κ3) is 8.85. The molecular weight excluding hydrogens is 493 g/mol. The van der Waals surface area contributed by atoms with Crippen molar-refractivity contribution < 1.29 is 9.47 Å². The first kappa shape index (κ1) is 26.8. The number of ether oxygens (including phenoxy) is 2. The van der Waals surface area contributed by atoms with E-state index >= 15 is 0 Å². The lowest BCUT2D eigenvalue weighted by Gasteiger charge is -2.36. The highest BCUT2D eigenvalue weighted by Gasteiger charge is 2.19. The van der Waals surface area contributed by atoms with Gasteiger partial charge in [-0.15, -0.1) is 24.0 Å². The van der Waals surface area contributed by atoms with Crippen molar-refractivity contribution in [2.45, 2.75) is 32.7 Å². The molecule has 0 bridgehead atoms. The zero-order valence-corrected chi connectivity index (χ0v) is 21.6. The van der Waals surface area contributed by atoms with Gasteiger partial charge >= 0.3 is 0 Å². The van der Waals surface area contributed by atoms with Crippen LogP contribution in [0.25, 0.3) is 0 Å². The van der Waals surface area contributed by atoms with Crippen molar-refractivity contribution in [2.75, 3.05) is 67.1 Å². The van der Waals surface area contributed by atoms with E-state index in [0.717, 1.165) is 69.6 Å². The second-order valence-electron chi connectivity index (χ2n) is 7.59. The standard InChI is InChI=1S/C22H39N5O2.HI/c1-6-29-21-16-19(9-10-20(21)28-5)8-7-11-24-22(23-3)25-17-18(2)27-14-12-26(4)13-15-27;/h9-10,16,18H,6-8,11-15,17H2,1-5H3,(H2,23,24,25);1H. The number of hydrogen-bond acceptors (Lipinski definition) is 5. The molecule has 0 aromatic heterocycles. The number of halogens is 1. The molecule has 172 valence electrons. The second-order valence-corrected chi connectivity index (χ2v) is 7.59. The summed E-state index contributed by atoms with van der Waals surface area (Å²) < 4.78 is 11.0. The van der Waals surface area contributed by atoms with Crippen LogP contribution in [0.15, 0.2) is 23.2 Å². The molecule has 1 aliphatic heterocycles. The lowest BCUT2D eigenvalue weighted by atomic mass is 10.1. The van der Waals surface area contributed by atoms with Crippen LogP contribution in [0.4, 0.5) is 0 Å². The van der Waals surface area contributed by atoms with Gasteiger partial charge in [0.1, 0.15) is 0 Å². The van der Waals surface area contributed by atoms with Crippen molar-refractivity contribution in [3.8, 4) is 11.5 Å². The average Bonchev–Trinajstić information content (AvgIpc) is 2.74. The minimum atomic E-state index is 0. The molecule has 1 heterocycles. The fourth-order valence-electron chi connectivity index (χ4n) is 3.50. The minimum Gasteiger partial charge on any atom is -0.493 e. The Morgan fingerprint density at radius 3 is 2.53 bits per heavy atom. The summed E-state index contributed by atoms with van der Waals surface area (Å²) in [6.45, 7) is 11.2. The molecule has 1 fully saturated rings. The van der Waals surface area contributed by atoms with E-state index in [4.69, 9.17) is 9.47 Å². The molecule has 8 heteroatoms. The Morgan fingerprint density at radius 1 is 1.17 bits per heavy atom. The van der Waals surface area contributed by atoms with Gasteiger partial charge in [0, 0.05) is 52.4 Å². The lowest BCUT2D eigenvalue weighted by Crippen LogP contribution is -2.52. The van der Waals surface area contributed by atoms with Gasteiger partial charge < -0.3 is 25.0 Å². The van der Waals surface area contributed by atoms with Gasteiger partial charge in [0.2, 0.25) is 0 Å². The predicted octanol–water partition coefficient (Wildman–Crippen LogP) is 2.45. The first-order valence-electron chi connectivity index (χ1n) is 10.7. The van der Waals surface area contributed by atoms with Gasteiger partial charge in [-0.25, -0.2) is 0 Å². The summed E-state index contributed by atoms with van der Waals surface area (Å²) in [5.41, 5.74) is 1.25. The number of nitrogens with zero attached hydrogens (tertiary/aromatic N) is 3. The van der Waals surface area contributed by atoms with Gasteiger partial charge in [0.15, 0.2) is 17.5 Å².